The Bertz CT molecular complexity index is 616. The van der Waals surface area contributed by atoms with Crippen LogP contribution in [0.25, 0.3) is 11.5 Å². The molecule has 6 nitrogen and oxygen atoms in total. The quantitative estimate of drug-likeness (QED) is 0.781. The highest BCUT2D eigenvalue weighted by Gasteiger charge is 2.12. The van der Waals surface area contributed by atoms with E-state index in [1.807, 2.05) is 0 Å². The number of aliphatic hydroxyl groups is 1. The average molecular weight is 317 g/mol. The normalized spacial score (nSPS) is 12.1. The first kappa shape index (κ1) is 17.1. The van der Waals surface area contributed by atoms with Gasteiger partial charge in [-0.05, 0) is 43.0 Å². The molecule has 2 aromatic rings. The van der Waals surface area contributed by atoms with Gasteiger partial charge in [0.2, 0.25) is 11.8 Å². The number of aryl methyl sites for hydroxylation is 1. The third-order valence-electron chi connectivity index (χ3n) is 3.71. The highest BCUT2D eigenvalue weighted by molar-refractivity contribution is 5.94. The van der Waals surface area contributed by atoms with E-state index >= 15 is 0 Å². The Balaban J connectivity index is 1.94. The van der Waals surface area contributed by atoms with Crippen molar-refractivity contribution in [1.29, 1.82) is 0 Å². The summed E-state index contributed by atoms with van der Waals surface area (Å²) in [5.74, 6) is 1.15. The molecule has 0 bridgehead atoms. The first-order chi connectivity index (χ1) is 11.1. The van der Waals surface area contributed by atoms with Crippen LogP contribution < -0.4 is 5.32 Å². The molecular formula is C17H23N3O3. The van der Waals surface area contributed by atoms with Gasteiger partial charge in [0.05, 0.1) is 0 Å². The van der Waals surface area contributed by atoms with Crippen molar-refractivity contribution in [3.05, 3.63) is 35.7 Å². The lowest BCUT2D eigenvalue weighted by molar-refractivity contribution is 0.0943. The molecule has 1 heterocycles. The number of carbonyl (C=O) groups is 1. The van der Waals surface area contributed by atoms with Crippen molar-refractivity contribution in [2.75, 3.05) is 13.2 Å². The van der Waals surface area contributed by atoms with Crippen molar-refractivity contribution in [3.8, 4) is 11.5 Å². The van der Waals surface area contributed by atoms with Crippen LogP contribution in [-0.4, -0.2) is 34.4 Å². The van der Waals surface area contributed by atoms with Crippen LogP contribution in [0, 0.1) is 12.8 Å². The first-order valence-corrected chi connectivity index (χ1v) is 7.93. The molecule has 0 fully saturated rings. The molecule has 1 atom stereocenters. The van der Waals surface area contributed by atoms with Crippen LogP contribution in [0.5, 0.6) is 0 Å². The molecule has 0 aliphatic rings. The Hall–Kier alpha value is -2.21. The molecule has 0 aliphatic heterocycles. The monoisotopic (exact) mass is 317 g/mol. The van der Waals surface area contributed by atoms with Crippen LogP contribution >= 0.6 is 0 Å². The molecule has 2 N–H and O–H groups in total. The second-order valence-electron chi connectivity index (χ2n) is 5.58. The van der Waals surface area contributed by atoms with E-state index in [-0.39, 0.29) is 12.5 Å². The zero-order valence-corrected chi connectivity index (χ0v) is 13.6. The zero-order valence-electron chi connectivity index (χ0n) is 13.6. The van der Waals surface area contributed by atoms with Crippen molar-refractivity contribution in [1.82, 2.24) is 15.5 Å². The molecule has 124 valence electrons. The first-order valence-electron chi connectivity index (χ1n) is 7.93. The third kappa shape index (κ3) is 4.89. The van der Waals surface area contributed by atoms with Crippen molar-refractivity contribution in [2.24, 2.45) is 5.92 Å². The van der Waals surface area contributed by atoms with Crippen molar-refractivity contribution < 1.29 is 14.3 Å². The average Bonchev–Trinajstić information content (AvgIpc) is 2.99. The maximum absolute atomic E-state index is 12.2. The molecular weight excluding hydrogens is 294 g/mol. The number of aromatic nitrogens is 2. The molecule has 1 aromatic carbocycles. The summed E-state index contributed by atoms with van der Waals surface area (Å²) in [6, 6.07) is 7.06. The number of nitrogens with one attached hydrogen (secondary N) is 1. The minimum atomic E-state index is -0.114. The number of benzene rings is 1. The minimum absolute atomic E-state index is 0.114. The highest BCUT2D eigenvalue weighted by atomic mass is 16.4. The van der Waals surface area contributed by atoms with E-state index in [0.717, 1.165) is 18.4 Å². The predicted molar refractivity (Wildman–Crippen MR) is 86.9 cm³/mol. The number of aliphatic hydroxyl groups excluding tert-OH is 1. The van der Waals surface area contributed by atoms with Crippen LogP contribution in [0.3, 0.4) is 0 Å². The second kappa shape index (κ2) is 8.43. The molecule has 6 heteroatoms. The van der Waals surface area contributed by atoms with Crippen molar-refractivity contribution in [2.45, 2.75) is 33.1 Å². The SMILES string of the molecule is CCCC(CCO)CNC(=O)c1ccc(-c2nnc(C)o2)cc1. The van der Waals surface area contributed by atoms with Gasteiger partial charge in [-0.1, -0.05) is 13.3 Å². The lowest BCUT2D eigenvalue weighted by Gasteiger charge is -2.15. The van der Waals surface area contributed by atoms with E-state index in [2.05, 4.69) is 22.4 Å². The fourth-order valence-electron chi connectivity index (χ4n) is 2.46. The fourth-order valence-corrected chi connectivity index (χ4v) is 2.46. The van der Waals surface area contributed by atoms with Crippen LogP contribution in [0.1, 0.15) is 42.4 Å². The maximum atomic E-state index is 12.2. The Labute approximate surface area is 135 Å². The lowest BCUT2D eigenvalue weighted by Crippen LogP contribution is -2.29. The highest BCUT2D eigenvalue weighted by Crippen LogP contribution is 2.18. The van der Waals surface area contributed by atoms with Crippen molar-refractivity contribution >= 4 is 5.91 Å². The van der Waals surface area contributed by atoms with E-state index in [4.69, 9.17) is 9.52 Å². The number of hydrogen-bond donors (Lipinski definition) is 2. The number of carbonyl (C=O) groups excluding carboxylic acids is 1. The van der Waals surface area contributed by atoms with Gasteiger partial charge in [-0.3, -0.25) is 4.79 Å². The van der Waals surface area contributed by atoms with Crippen LogP contribution in [-0.2, 0) is 0 Å². The van der Waals surface area contributed by atoms with E-state index in [0.29, 0.717) is 36.2 Å². The second-order valence-corrected chi connectivity index (χ2v) is 5.58. The summed E-state index contributed by atoms with van der Waals surface area (Å²) in [7, 11) is 0. The lowest BCUT2D eigenvalue weighted by atomic mass is 10.00. The number of amides is 1. The predicted octanol–water partition coefficient (Wildman–Crippen LogP) is 2.57. The zero-order chi connectivity index (χ0) is 16.7. The summed E-state index contributed by atoms with van der Waals surface area (Å²) >= 11 is 0. The van der Waals surface area contributed by atoms with Crippen LogP contribution in [0.15, 0.2) is 28.7 Å². The number of hydrogen-bond acceptors (Lipinski definition) is 5. The van der Waals surface area contributed by atoms with E-state index in [9.17, 15) is 4.79 Å². The molecule has 1 aromatic heterocycles. The Morgan fingerprint density at radius 2 is 2.00 bits per heavy atom. The fraction of sp³-hybridized carbons (Fsp3) is 0.471. The minimum Gasteiger partial charge on any atom is -0.421 e. The Morgan fingerprint density at radius 1 is 1.26 bits per heavy atom. The molecule has 0 aliphatic carbocycles. The van der Waals surface area contributed by atoms with Gasteiger partial charge in [0.15, 0.2) is 0 Å². The summed E-state index contributed by atoms with van der Waals surface area (Å²) in [6.45, 7) is 4.57. The summed E-state index contributed by atoms with van der Waals surface area (Å²) in [5, 5.41) is 19.7. The molecule has 0 radical (unpaired) electrons. The van der Waals surface area contributed by atoms with Gasteiger partial charge in [-0.25, -0.2) is 0 Å². The third-order valence-corrected chi connectivity index (χ3v) is 3.71. The standard InChI is InChI=1S/C17H23N3O3/c1-3-4-13(9-10-21)11-18-16(22)14-5-7-15(8-6-14)17-20-19-12(2)23-17/h5-8,13,21H,3-4,9-11H2,1-2H3,(H,18,22). The molecule has 0 spiro atoms. The van der Waals surface area contributed by atoms with Gasteiger partial charge < -0.3 is 14.8 Å². The Kier molecular flexibility index (Phi) is 6.29. The van der Waals surface area contributed by atoms with Gasteiger partial charge in [-0.2, -0.15) is 0 Å². The van der Waals surface area contributed by atoms with Crippen LogP contribution in [0.4, 0.5) is 0 Å². The van der Waals surface area contributed by atoms with E-state index in [1.165, 1.54) is 0 Å². The largest absolute Gasteiger partial charge is 0.421 e. The van der Waals surface area contributed by atoms with Gasteiger partial charge in [0.25, 0.3) is 5.91 Å². The summed E-state index contributed by atoms with van der Waals surface area (Å²) in [5.41, 5.74) is 1.37. The summed E-state index contributed by atoms with van der Waals surface area (Å²) in [6.07, 6.45) is 2.75. The number of rotatable bonds is 8. The number of nitrogens with zero attached hydrogens (tertiary/aromatic N) is 2. The maximum Gasteiger partial charge on any atom is 0.251 e. The molecule has 23 heavy (non-hydrogen) atoms. The topological polar surface area (TPSA) is 88.2 Å². The van der Waals surface area contributed by atoms with Gasteiger partial charge in [0.1, 0.15) is 0 Å². The molecule has 2 rings (SSSR count). The van der Waals surface area contributed by atoms with Gasteiger partial charge in [0, 0.05) is 31.2 Å². The van der Waals surface area contributed by atoms with Gasteiger partial charge >= 0.3 is 0 Å². The van der Waals surface area contributed by atoms with Crippen LogP contribution in [0.2, 0.25) is 0 Å². The Morgan fingerprint density at radius 3 is 2.57 bits per heavy atom. The molecule has 1 unspecified atom stereocenters. The summed E-state index contributed by atoms with van der Waals surface area (Å²) < 4.78 is 5.36. The van der Waals surface area contributed by atoms with E-state index < -0.39 is 0 Å². The van der Waals surface area contributed by atoms with Crippen molar-refractivity contribution in [3.63, 3.8) is 0 Å². The molecule has 1 amide bonds. The van der Waals surface area contributed by atoms with E-state index in [1.54, 1.807) is 31.2 Å². The summed E-state index contributed by atoms with van der Waals surface area (Å²) in [4.78, 5) is 12.2. The molecule has 0 saturated carbocycles. The van der Waals surface area contributed by atoms with Gasteiger partial charge in [-0.15, -0.1) is 10.2 Å². The smallest absolute Gasteiger partial charge is 0.251 e. The molecule has 0 saturated heterocycles.